The Morgan fingerprint density at radius 3 is 2.38 bits per heavy atom. The quantitative estimate of drug-likeness (QED) is 0.719. The van der Waals surface area contributed by atoms with Crippen LogP contribution in [0.2, 0.25) is 0 Å². The topological polar surface area (TPSA) is 46.6 Å². The minimum atomic E-state index is -0.296. The van der Waals surface area contributed by atoms with Gasteiger partial charge in [-0.15, -0.1) is 0 Å². The highest BCUT2D eigenvalue weighted by atomic mass is 35.5. The van der Waals surface area contributed by atoms with Crippen LogP contribution in [0, 0.1) is 11.8 Å². The fourth-order valence-electron chi connectivity index (χ4n) is 1.62. The first-order chi connectivity index (χ1) is 7.50. The molecule has 0 aromatic carbocycles. The first-order valence-electron chi connectivity index (χ1n) is 5.61. The van der Waals surface area contributed by atoms with Crippen molar-refractivity contribution < 1.29 is 14.3 Å². The second kappa shape index (κ2) is 6.09. The van der Waals surface area contributed by atoms with Crippen molar-refractivity contribution in [2.45, 2.75) is 26.7 Å². The summed E-state index contributed by atoms with van der Waals surface area (Å²) in [6, 6.07) is 0. The van der Waals surface area contributed by atoms with Crippen LogP contribution in [0.4, 0.5) is 4.79 Å². The smallest absolute Gasteiger partial charge is 0.409 e. The zero-order valence-corrected chi connectivity index (χ0v) is 10.5. The molecule has 1 amide bonds. The van der Waals surface area contributed by atoms with Crippen molar-refractivity contribution in [1.29, 1.82) is 0 Å². The molecule has 0 aromatic heterocycles. The zero-order chi connectivity index (χ0) is 12.1. The number of piperidine rings is 1. The molecule has 92 valence electrons. The minimum Gasteiger partial charge on any atom is -0.449 e. The molecule has 4 nitrogen and oxygen atoms in total. The van der Waals surface area contributed by atoms with Gasteiger partial charge < -0.3 is 9.64 Å². The number of hydrogen-bond acceptors (Lipinski definition) is 3. The minimum absolute atomic E-state index is 0.101. The average Bonchev–Trinajstić information content (AvgIpc) is 2.26. The van der Waals surface area contributed by atoms with Gasteiger partial charge in [-0.1, -0.05) is 13.8 Å². The normalized spacial score (nSPS) is 17.6. The molecule has 5 heteroatoms. The highest BCUT2D eigenvalue weighted by molar-refractivity contribution is 6.63. The largest absolute Gasteiger partial charge is 0.449 e. The molecule has 0 saturated carbocycles. The van der Waals surface area contributed by atoms with Gasteiger partial charge in [0, 0.05) is 19.0 Å². The Morgan fingerprint density at radius 2 is 1.94 bits per heavy atom. The monoisotopic (exact) mass is 247 g/mol. The van der Waals surface area contributed by atoms with Crippen LogP contribution in [0.5, 0.6) is 0 Å². The molecule has 1 aliphatic heterocycles. The number of carbonyl (C=O) groups is 2. The van der Waals surface area contributed by atoms with Crippen LogP contribution in [-0.4, -0.2) is 35.9 Å². The van der Waals surface area contributed by atoms with Crippen molar-refractivity contribution in [3.63, 3.8) is 0 Å². The van der Waals surface area contributed by atoms with Crippen LogP contribution >= 0.6 is 11.6 Å². The summed E-state index contributed by atoms with van der Waals surface area (Å²) in [4.78, 5) is 24.1. The zero-order valence-electron chi connectivity index (χ0n) is 9.74. The van der Waals surface area contributed by atoms with Gasteiger partial charge in [-0.2, -0.15) is 0 Å². The number of likely N-dealkylation sites (tertiary alicyclic amines) is 1. The number of amides is 1. The fourth-order valence-corrected chi connectivity index (χ4v) is 1.84. The maximum absolute atomic E-state index is 11.6. The molecule has 1 heterocycles. The second-order valence-corrected chi connectivity index (χ2v) is 4.91. The first-order valence-corrected chi connectivity index (χ1v) is 5.99. The lowest BCUT2D eigenvalue weighted by Crippen LogP contribution is -2.40. The fraction of sp³-hybridized carbons (Fsp3) is 0.818. The van der Waals surface area contributed by atoms with E-state index in [1.807, 2.05) is 13.8 Å². The van der Waals surface area contributed by atoms with E-state index in [2.05, 4.69) is 0 Å². The van der Waals surface area contributed by atoms with Crippen molar-refractivity contribution in [3.8, 4) is 0 Å². The third kappa shape index (κ3) is 4.00. The van der Waals surface area contributed by atoms with Crippen molar-refractivity contribution in [2.24, 2.45) is 11.8 Å². The van der Waals surface area contributed by atoms with Gasteiger partial charge in [-0.05, 0) is 30.4 Å². The Hall–Kier alpha value is -0.770. The molecule has 0 N–H and O–H groups in total. The summed E-state index contributed by atoms with van der Waals surface area (Å²) in [6.07, 6.45) is 0.993. The summed E-state index contributed by atoms with van der Waals surface area (Å²) in [5.41, 5.74) is 0. The Bertz CT molecular complexity index is 260. The lowest BCUT2D eigenvalue weighted by molar-refractivity contribution is -0.116. The standard InChI is InChI=1S/C11H18ClNO3/c1-8(2)7-16-11(15)13-5-3-9(4-6-13)10(12)14/h8-9H,3-7H2,1-2H3. The van der Waals surface area contributed by atoms with Gasteiger partial charge in [-0.25, -0.2) is 4.79 Å². The summed E-state index contributed by atoms with van der Waals surface area (Å²) < 4.78 is 5.11. The van der Waals surface area contributed by atoms with Gasteiger partial charge in [0.2, 0.25) is 5.24 Å². The van der Waals surface area contributed by atoms with E-state index < -0.39 is 0 Å². The highest BCUT2D eigenvalue weighted by Gasteiger charge is 2.26. The summed E-state index contributed by atoms with van der Waals surface area (Å²) in [5, 5.41) is -0.296. The van der Waals surface area contributed by atoms with Crippen molar-refractivity contribution >= 4 is 22.9 Å². The van der Waals surface area contributed by atoms with Crippen LogP contribution in [0.3, 0.4) is 0 Å². The maximum Gasteiger partial charge on any atom is 0.409 e. The predicted octanol–water partition coefficient (Wildman–Crippen LogP) is 2.26. The molecule has 1 rings (SSSR count). The molecule has 0 atom stereocenters. The Morgan fingerprint density at radius 1 is 1.38 bits per heavy atom. The van der Waals surface area contributed by atoms with Gasteiger partial charge in [0.15, 0.2) is 0 Å². The molecule has 0 spiro atoms. The first kappa shape index (κ1) is 13.3. The lowest BCUT2D eigenvalue weighted by atomic mass is 9.99. The molecular formula is C11H18ClNO3. The summed E-state index contributed by atoms with van der Waals surface area (Å²) in [6.45, 7) is 5.53. The molecule has 1 saturated heterocycles. The van der Waals surface area contributed by atoms with Crippen molar-refractivity contribution in [1.82, 2.24) is 4.90 Å². The van der Waals surface area contributed by atoms with Crippen molar-refractivity contribution in [2.75, 3.05) is 19.7 Å². The van der Waals surface area contributed by atoms with E-state index >= 15 is 0 Å². The molecule has 1 aliphatic rings. The maximum atomic E-state index is 11.6. The van der Waals surface area contributed by atoms with Crippen LogP contribution < -0.4 is 0 Å². The second-order valence-electron chi connectivity index (χ2n) is 4.54. The number of rotatable bonds is 3. The number of nitrogens with zero attached hydrogens (tertiary/aromatic N) is 1. The molecule has 0 aliphatic carbocycles. The van der Waals surface area contributed by atoms with E-state index in [-0.39, 0.29) is 17.3 Å². The van der Waals surface area contributed by atoms with E-state index in [9.17, 15) is 9.59 Å². The lowest BCUT2D eigenvalue weighted by Gasteiger charge is -2.29. The number of carbonyl (C=O) groups excluding carboxylic acids is 2. The third-order valence-corrected chi connectivity index (χ3v) is 2.92. The number of ether oxygens (including phenoxy) is 1. The van der Waals surface area contributed by atoms with E-state index in [1.54, 1.807) is 4.90 Å². The average molecular weight is 248 g/mol. The number of halogens is 1. The summed E-state index contributed by atoms with van der Waals surface area (Å²) >= 11 is 5.41. The molecule has 0 bridgehead atoms. The summed E-state index contributed by atoms with van der Waals surface area (Å²) in [7, 11) is 0. The van der Waals surface area contributed by atoms with Crippen LogP contribution in [-0.2, 0) is 9.53 Å². The third-order valence-electron chi connectivity index (χ3n) is 2.61. The molecular weight excluding hydrogens is 230 g/mol. The van der Waals surface area contributed by atoms with Gasteiger partial charge in [0.05, 0.1) is 6.61 Å². The molecule has 16 heavy (non-hydrogen) atoms. The predicted molar refractivity (Wildman–Crippen MR) is 61.3 cm³/mol. The van der Waals surface area contributed by atoms with Crippen molar-refractivity contribution in [3.05, 3.63) is 0 Å². The highest BCUT2D eigenvalue weighted by Crippen LogP contribution is 2.20. The molecule has 0 unspecified atom stereocenters. The Labute approximate surface area is 101 Å². The molecule has 1 fully saturated rings. The van der Waals surface area contributed by atoms with Gasteiger partial charge in [0.1, 0.15) is 0 Å². The number of hydrogen-bond donors (Lipinski definition) is 0. The Balaban J connectivity index is 2.30. The SMILES string of the molecule is CC(C)COC(=O)N1CCC(C(=O)Cl)CC1. The molecule has 0 radical (unpaired) electrons. The molecule has 0 aromatic rings. The van der Waals surface area contributed by atoms with E-state index in [1.165, 1.54) is 0 Å². The Kier molecular flexibility index (Phi) is 5.06. The van der Waals surface area contributed by atoms with Crippen LogP contribution in [0.25, 0.3) is 0 Å². The van der Waals surface area contributed by atoms with Gasteiger partial charge >= 0.3 is 6.09 Å². The van der Waals surface area contributed by atoms with E-state index in [0.717, 1.165) is 0 Å². The van der Waals surface area contributed by atoms with Gasteiger partial charge in [0.25, 0.3) is 0 Å². The van der Waals surface area contributed by atoms with E-state index in [0.29, 0.717) is 38.5 Å². The van der Waals surface area contributed by atoms with E-state index in [4.69, 9.17) is 16.3 Å². The summed E-state index contributed by atoms with van der Waals surface area (Å²) in [5.74, 6) is 0.238. The van der Waals surface area contributed by atoms with Crippen LogP contribution in [0.1, 0.15) is 26.7 Å². The van der Waals surface area contributed by atoms with Gasteiger partial charge in [-0.3, -0.25) is 4.79 Å². The van der Waals surface area contributed by atoms with Crippen LogP contribution in [0.15, 0.2) is 0 Å².